The van der Waals surface area contributed by atoms with Gasteiger partial charge in [0.2, 0.25) is 0 Å². The van der Waals surface area contributed by atoms with E-state index in [4.69, 9.17) is 5.11 Å². The van der Waals surface area contributed by atoms with Crippen LogP contribution in [0.5, 0.6) is 0 Å². The Morgan fingerprint density at radius 1 is 1.50 bits per heavy atom. The molecule has 0 amide bonds. The quantitative estimate of drug-likeness (QED) is 0.853. The lowest BCUT2D eigenvalue weighted by Gasteiger charge is -2.02. The summed E-state index contributed by atoms with van der Waals surface area (Å²) < 4.78 is 3.20. The zero-order valence-electron chi connectivity index (χ0n) is 7.34. The van der Waals surface area contributed by atoms with Crippen molar-refractivity contribution < 1.29 is 5.11 Å². The van der Waals surface area contributed by atoms with Gasteiger partial charge in [-0.05, 0) is 35.9 Å². The fraction of sp³-hybridized carbons (Fsp3) is 0.625. The summed E-state index contributed by atoms with van der Waals surface area (Å²) in [6, 6.07) is 0. The number of nitrogens with zero attached hydrogens (tertiary/aromatic N) is 2. The molecule has 3 nitrogen and oxygen atoms in total. The van der Waals surface area contributed by atoms with Crippen LogP contribution < -0.4 is 0 Å². The number of aryl methyl sites for hydroxylation is 1. The number of aliphatic hydroxyl groups is 1. The number of aliphatic hydroxyl groups excluding tert-OH is 1. The van der Waals surface area contributed by atoms with Gasteiger partial charge in [-0.25, -0.2) is 4.98 Å². The maximum Gasteiger partial charge on any atom is 0.135 e. The Morgan fingerprint density at radius 3 is 2.50 bits per heavy atom. The van der Waals surface area contributed by atoms with Crippen molar-refractivity contribution in [2.24, 2.45) is 0 Å². The van der Waals surface area contributed by atoms with Gasteiger partial charge >= 0.3 is 0 Å². The molecule has 1 heterocycles. The van der Waals surface area contributed by atoms with E-state index in [0.717, 1.165) is 28.2 Å². The molecule has 0 aliphatic carbocycles. The van der Waals surface area contributed by atoms with Crippen molar-refractivity contribution in [1.29, 1.82) is 0 Å². The van der Waals surface area contributed by atoms with Crippen LogP contribution in [-0.2, 0) is 19.6 Å². The number of imidazole rings is 1. The maximum absolute atomic E-state index is 9.00. The molecule has 0 bridgehead atoms. The van der Waals surface area contributed by atoms with E-state index in [1.165, 1.54) is 0 Å². The highest BCUT2D eigenvalue weighted by Gasteiger charge is 2.10. The van der Waals surface area contributed by atoms with E-state index in [2.05, 4.69) is 41.4 Å². The maximum atomic E-state index is 9.00. The Morgan fingerprint density at radius 2 is 2.17 bits per heavy atom. The smallest absolute Gasteiger partial charge is 0.135 e. The summed E-state index contributed by atoms with van der Waals surface area (Å²) in [7, 11) is 0. The van der Waals surface area contributed by atoms with E-state index < -0.39 is 0 Å². The highest BCUT2D eigenvalue weighted by Crippen LogP contribution is 2.15. The van der Waals surface area contributed by atoms with Crippen molar-refractivity contribution in [2.75, 3.05) is 0 Å². The summed E-state index contributed by atoms with van der Waals surface area (Å²) in [5.41, 5.74) is 1.08. The molecule has 0 aliphatic rings. The van der Waals surface area contributed by atoms with Gasteiger partial charge in [0.1, 0.15) is 16.1 Å². The normalized spacial score (nSPS) is 10.7. The van der Waals surface area contributed by atoms with Gasteiger partial charge in [0.25, 0.3) is 0 Å². The summed E-state index contributed by atoms with van der Waals surface area (Å²) in [5, 5.41) is 9.00. The van der Waals surface area contributed by atoms with Crippen LogP contribution in [0.1, 0.15) is 25.4 Å². The first-order valence-corrected chi connectivity index (χ1v) is 5.17. The van der Waals surface area contributed by atoms with E-state index in [1.807, 2.05) is 4.57 Å². The molecule has 12 heavy (non-hydrogen) atoms. The van der Waals surface area contributed by atoms with Gasteiger partial charge in [0, 0.05) is 6.54 Å². The monoisotopic (exact) mass is 280 g/mol. The Kier molecular flexibility index (Phi) is 3.52. The molecule has 0 atom stereocenters. The highest BCUT2D eigenvalue weighted by atomic mass is 127. The lowest BCUT2D eigenvalue weighted by Crippen LogP contribution is -2.03. The summed E-state index contributed by atoms with van der Waals surface area (Å²) in [4.78, 5) is 4.32. The molecule has 0 unspecified atom stereocenters. The van der Waals surface area contributed by atoms with Crippen LogP contribution in [0.15, 0.2) is 0 Å². The second-order valence-corrected chi connectivity index (χ2v) is 3.54. The molecular weight excluding hydrogens is 267 g/mol. The molecule has 1 rings (SSSR count). The number of aromatic nitrogens is 2. The lowest BCUT2D eigenvalue weighted by molar-refractivity contribution is 0.265. The predicted molar refractivity (Wildman–Crippen MR) is 55.9 cm³/mol. The van der Waals surface area contributed by atoms with Gasteiger partial charge < -0.3 is 9.67 Å². The molecular formula is C8H13IN2O. The highest BCUT2D eigenvalue weighted by molar-refractivity contribution is 14.1. The minimum absolute atomic E-state index is 0.0316. The van der Waals surface area contributed by atoms with E-state index in [0.29, 0.717) is 0 Å². The van der Waals surface area contributed by atoms with Crippen molar-refractivity contribution >= 4 is 22.6 Å². The van der Waals surface area contributed by atoms with Crippen molar-refractivity contribution in [1.82, 2.24) is 9.55 Å². The molecule has 1 aromatic heterocycles. The second kappa shape index (κ2) is 4.23. The first-order valence-electron chi connectivity index (χ1n) is 4.09. The van der Waals surface area contributed by atoms with Gasteiger partial charge in [0.15, 0.2) is 0 Å². The van der Waals surface area contributed by atoms with Crippen molar-refractivity contribution in [3.63, 3.8) is 0 Å². The first kappa shape index (κ1) is 9.98. The molecule has 0 spiro atoms. The summed E-state index contributed by atoms with van der Waals surface area (Å²) >= 11 is 2.27. The summed E-state index contributed by atoms with van der Waals surface area (Å²) in [5.74, 6) is 0.777. The Bertz CT molecular complexity index is 270. The minimum Gasteiger partial charge on any atom is -0.388 e. The zero-order valence-corrected chi connectivity index (χ0v) is 9.50. The van der Waals surface area contributed by atoms with Crippen LogP contribution in [0.3, 0.4) is 0 Å². The van der Waals surface area contributed by atoms with Crippen LogP contribution in [0.25, 0.3) is 0 Å². The third-order valence-electron chi connectivity index (χ3n) is 1.84. The molecule has 0 saturated carbocycles. The van der Waals surface area contributed by atoms with Gasteiger partial charge in [-0.15, -0.1) is 0 Å². The molecule has 0 aliphatic heterocycles. The van der Waals surface area contributed by atoms with E-state index in [9.17, 15) is 0 Å². The molecule has 0 saturated heterocycles. The molecule has 1 N–H and O–H groups in total. The standard InChI is InChI=1S/C8H13IN2O/c1-3-6-8(9)11(4-2)7(5-12)10-6/h12H,3-5H2,1-2H3. The van der Waals surface area contributed by atoms with Crippen molar-refractivity contribution in [3.8, 4) is 0 Å². The zero-order chi connectivity index (χ0) is 9.14. The molecule has 0 fully saturated rings. The fourth-order valence-electron chi connectivity index (χ4n) is 1.20. The number of halogens is 1. The second-order valence-electron chi connectivity index (χ2n) is 2.52. The average molecular weight is 280 g/mol. The van der Waals surface area contributed by atoms with Crippen LogP contribution in [-0.4, -0.2) is 14.7 Å². The number of hydrogen-bond acceptors (Lipinski definition) is 2. The SMILES string of the molecule is CCc1nc(CO)n(CC)c1I. The van der Waals surface area contributed by atoms with Gasteiger partial charge in [-0.1, -0.05) is 6.92 Å². The molecule has 4 heteroatoms. The average Bonchev–Trinajstić information content (AvgIpc) is 2.41. The van der Waals surface area contributed by atoms with Gasteiger partial charge in [-0.2, -0.15) is 0 Å². The largest absolute Gasteiger partial charge is 0.388 e. The van der Waals surface area contributed by atoms with Crippen LogP contribution in [0.4, 0.5) is 0 Å². The molecule has 68 valence electrons. The van der Waals surface area contributed by atoms with Gasteiger partial charge in [-0.3, -0.25) is 0 Å². The third-order valence-corrected chi connectivity index (χ3v) is 3.05. The number of hydrogen-bond donors (Lipinski definition) is 1. The lowest BCUT2D eigenvalue weighted by atomic mass is 10.4. The topological polar surface area (TPSA) is 38.1 Å². The first-order chi connectivity index (χ1) is 5.74. The Labute approximate surface area is 86.0 Å². The Hall–Kier alpha value is -0.100. The minimum atomic E-state index is 0.0316. The fourth-order valence-corrected chi connectivity index (χ4v) is 2.32. The van der Waals surface area contributed by atoms with Crippen molar-refractivity contribution in [2.45, 2.75) is 33.4 Å². The van der Waals surface area contributed by atoms with E-state index in [1.54, 1.807) is 0 Å². The molecule has 1 aromatic rings. The molecule has 0 radical (unpaired) electrons. The number of rotatable bonds is 3. The van der Waals surface area contributed by atoms with E-state index in [-0.39, 0.29) is 6.61 Å². The Balaban J connectivity index is 3.13. The van der Waals surface area contributed by atoms with Crippen LogP contribution >= 0.6 is 22.6 Å². The summed E-state index contributed by atoms with van der Waals surface area (Å²) in [6.45, 7) is 5.04. The van der Waals surface area contributed by atoms with Crippen LogP contribution in [0, 0.1) is 3.70 Å². The van der Waals surface area contributed by atoms with Gasteiger partial charge in [0.05, 0.1) is 5.69 Å². The van der Waals surface area contributed by atoms with Crippen molar-refractivity contribution in [3.05, 3.63) is 15.2 Å². The van der Waals surface area contributed by atoms with Crippen LogP contribution in [0.2, 0.25) is 0 Å². The summed E-state index contributed by atoms with van der Waals surface area (Å²) in [6.07, 6.45) is 0.929. The third kappa shape index (κ3) is 1.64. The van der Waals surface area contributed by atoms with E-state index >= 15 is 0 Å². The predicted octanol–water partition coefficient (Wildman–Crippen LogP) is 1.56. The molecule has 0 aromatic carbocycles.